The summed E-state index contributed by atoms with van der Waals surface area (Å²) in [5.74, 6) is -1.65. The van der Waals surface area contributed by atoms with E-state index in [-0.39, 0.29) is 11.7 Å². The fourth-order valence-electron chi connectivity index (χ4n) is 2.27. The lowest BCUT2D eigenvalue weighted by Gasteiger charge is -2.16. The Hall–Kier alpha value is -2.61. The number of carbonyl (C=O) groups is 3. The van der Waals surface area contributed by atoms with Crippen LogP contribution in [-0.2, 0) is 4.79 Å². The Balaban J connectivity index is 2.09. The molecule has 134 valence electrons. The minimum atomic E-state index is -1.07. The first-order valence-corrected chi connectivity index (χ1v) is 8.58. The molecule has 1 atom stereocenters. The highest BCUT2D eigenvalue weighted by molar-refractivity contribution is 7.18. The Morgan fingerprint density at radius 2 is 2.00 bits per heavy atom. The van der Waals surface area contributed by atoms with E-state index < -0.39 is 23.8 Å². The largest absolute Gasteiger partial charge is 0.480 e. The van der Waals surface area contributed by atoms with Gasteiger partial charge in [0.15, 0.2) is 5.76 Å². The number of thiophene rings is 1. The summed E-state index contributed by atoms with van der Waals surface area (Å²) in [7, 11) is 0. The van der Waals surface area contributed by atoms with Crippen molar-refractivity contribution in [3.8, 4) is 0 Å². The van der Waals surface area contributed by atoms with Crippen LogP contribution in [0.4, 0.5) is 5.00 Å². The number of carboxylic acid groups (broad SMARTS) is 1. The molecule has 2 aromatic rings. The van der Waals surface area contributed by atoms with Crippen molar-refractivity contribution in [2.45, 2.75) is 33.2 Å². The number of hydrogen-bond donors (Lipinski definition) is 3. The molecule has 0 saturated carbocycles. The third-order valence-electron chi connectivity index (χ3n) is 3.42. The zero-order valence-corrected chi connectivity index (χ0v) is 15.0. The Kier molecular flexibility index (Phi) is 5.97. The molecule has 0 spiro atoms. The molecule has 3 N–H and O–H groups in total. The molecular formula is C17H20N2O5S. The first-order valence-electron chi connectivity index (χ1n) is 7.77. The molecule has 0 saturated heterocycles. The van der Waals surface area contributed by atoms with Gasteiger partial charge in [0, 0.05) is 0 Å². The molecule has 1 unspecified atom stereocenters. The second-order valence-corrected chi connectivity index (χ2v) is 7.10. The zero-order valence-electron chi connectivity index (χ0n) is 14.2. The molecule has 25 heavy (non-hydrogen) atoms. The van der Waals surface area contributed by atoms with E-state index >= 15 is 0 Å². The van der Waals surface area contributed by atoms with E-state index in [1.54, 1.807) is 19.1 Å². The minimum absolute atomic E-state index is 0.133. The highest BCUT2D eigenvalue weighted by Crippen LogP contribution is 2.27. The number of furan rings is 1. The molecule has 0 aliphatic heterocycles. The Morgan fingerprint density at radius 1 is 1.28 bits per heavy atom. The molecule has 0 bridgehead atoms. The summed E-state index contributed by atoms with van der Waals surface area (Å²) in [6.45, 7) is 5.51. The lowest BCUT2D eigenvalue weighted by atomic mass is 10.0. The first-order chi connectivity index (χ1) is 11.8. The third-order valence-corrected chi connectivity index (χ3v) is 4.57. The number of nitrogens with one attached hydrogen (secondary N) is 2. The zero-order chi connectivity index (χ0) is 18.6. The molecule has 0 aromatic carbocycles. The minimum Gasteiger partial charge on any atom is -0.480 e. The second kappa shape index (κ2) is 7.98. The van der Waals surface area contributed by atoms with Crippen LogP contribution in [0, 0.1) is 12.8 Å². The number of amides is 2. The van der Waals surface area contributed by atoms with Crippen molar-refractivity contribution in [3.05, 3.63) is 40.7 Å². The lowest BCUT2D eigenvalue weighted by Crippen LogP contribution is -2.41. The van der Waals surface area contributed by atoms with Crippen LogP contribution in [0.25, 0.3) is 0 Å². The Morgan fingerprint density at radius 3 is 2.56 bits per heavy atom. The maximum Gasteiger partial charge on any atom is 0.326 e. The van der Waals surface area contributed by atoms with Crippen LogP contribution in [0.15, 0.2) is 28.9 Å². The summed E-state index contributed by atoms with van der Waals surface area (Å²) in [5.41, 5.74) is 0.658. The van der Waals surface area contributed by atoms with Crippen LogP contribution in [0.3, 0.4) is 0 Å². The lowest BCUT2D eigenvalue weighted by molar-refractivity contribution is -0.139. The predicted molar refractivity (Wildman–Crippen MR) is 94.1 cm³/mol. The van der Waals surface area contributed by atoms with Gasteiger partial charge in [-0.15, -0.1) is 11.3 Å². The molecule has 2 amide bonds. The average Bonchev–Trinajstić information content (AvgIpc) is 3.15. The van der Waals surface area contributed by atoms with Gasteiger partial charge in [-0.1, -0.05) is 13.8 Å². The monoisotopic (exact) mass is 364 g/mol. The molecule has 0 aliphatic carbocycles. The fraction of sp³-hybridized carbons (Fsp3) is 0.353. The molecule has 0 aliphatic rings. The van der Waals surface area contributed by atoms with Crippen LogP contribution in [0.2, 0.25) is 0 Å². The van der Waals surface area contributed by atoms with E-state index in [0.29, 0.717) is 21.9 Å². The average molecular weight is 364 g/mol. The van der Waals surface area contributed by atoms with Crippen molar-refractivity contribution in [2.24, 2.45) is 5.92 Å². The Labute approximate surface area is 149 Å². The fourth-order valence-corrected chi connectivity index (χ4v) is 3.24. The number of aryl methyl sites for hydroxylation is 1. The molecule has 0 fully saturated rings. The van der Waals surface area contributed by atoms with E-state index in [9.17, 15) is 19.5 Å². The van der Waals surface area contributed by atoms with Gasteiger partial charge < -0.3 is 20.2 Å². The quantitative estimate of drug-likeness (QED) is 0.699. The van der Waals surface area contributed by atoms with Crippen molar-refractivity contribution < 1.29 is 23.9 Å². The maximum absolute atomic E-state index is 12.4. The van der Waals surface area contributed by atoms with Gasteiger partial charge in [0.1, 0.15) is 6.04 Å². The van der Waals surface area contributed by atoms with Crippen LogP contribution in [-0.4, -0.2) is 28.9 Å². The molecule has 8 heteroatoms. The van der Waals surface area contributed by atoms with Gasteiger partial charge in [-0.3, -0.25) is 9.59 Å². The smallest absolute Gasteiger partial charge is 0.326 e. The number of aliphatic carboxylic acids is 1. The van der Waals surface area contributed by atoms with Crippen LogP contribution < -0.4 is 10.6 Å². The van der Waals surface area contributed by atoms with E-state index in [1.165, 1.54) is 12.3 Å². The highest BCUT2D eigenvalue weighted by atomic mass is 32.1. The summed E-state index contributed by atoms with van der Waals surface area (Å²) >= 11 is 1.09. The number of rotatable bonds is 7. The van der Waals surface area contributed by atoms with Crippen molar-refractivity contribution in [3.63, 3.8) is 0 Å². The number of carbonyl (C=O) groups excluding carboxylic acids is 2. The van der Waals surface area contributed by atoms with Crippen molar-refractivity contribution >= 4 is 34.1 Å². The second-order valence-electron chi connectivity index (χ2n) is 6.05. The third kappa shape index (κ3) is 4.93. The Bertz CT molecular complexity index is 764. The number of anilines is 1. The molecular weight excluding hydrogens is 344 g/mol. The molecule has 7 nitrogen and oxygen atoms in total. The normalized spacial score (nSPS) is 12.0. The molecule has 2 aromatic heterocycles. The van der Waals surface area contributed by atoms with Crippen molar-refractivity contribution in [1.82, 2.24) is 5.32 Å². The first kappa shape index (κ1) is 18.7. The summed E-state index contributed by atoms with van der Waals surface area (Å²) in [4.78, 5) is 36.0. The van der Waals surface area contributed by atoms with Gasteiger partial charge in [-0.25, -0.2) is 4.79 Å². The summed E-state index contributed by atoms with van der Waals surface area (Å²) < 4.78 is 5.02. The van der Waals surface area contributed by atoms with Crippen LogP contribution >= 0.6 is 11.3 Å². The summed E-state index contributed by atoms with van der Waals surface area (Å²) in [5, 5.41) is 14.9. The van der Waals surface area contributed by atoms with E-state index in [4.69, 9.17) is 4.42 Å². The summed E-state index contributed by atoms with van der Waals surface area (Å²) in [6, 6.07) is 3.86. The van der Waals surface area contributed by atoms with Crippen molar-refractivity contribution in [2.75, 3.05) is 5.32 Å². The van der Waals surface area contributed by atoms with Crippen LogP contribution in [0.5, 0.6) is 0 Å². The maximum atomic E-state index is 12.4. The number of hydrogen-bond acceptors (Lipinski definition) is 5. The summed E-state index contributed by atoms with van der Waals surface area (Å²) in [6.07, 6.45) is 1.74. The van der Waals surface area contributed by atoms with Gasteiger partial charge in [0.05, 0.1) is 16.1 Å². The van der Waals surface area contributed by atoms with Gasteiger partial charge in [-0.05, 0) is 43.0 Å². The van der Waals surface area contributed by atoms with Gasteiger partial charge >= 0.3 is 5.97 Å². The van der Waals surface area contributed by atoms with Gasteiger partial charge in [0.2, 0.25) is 0 Å². The van der Waals surface area contributed by atoms with Crippen LogP contribution in [0.1, 0.15) is 46.1 Å². The van der Waals surface area contributed by atoms with Crippen molar-refractivity contribution in [1.29, 1.82) is 0 Å². The number of carboxylic acids is 1. The molecule has 2 rings (SSSR count). The van der Waals surface area contributed by atoms with E-state index in [0.717, 1.165) is 11.3 Å². The standard InChI is InChI=1S/C17H20N2O5S/c1-9(2)7-11(17(22)23)18-16(21)14-10(3)8-13(25-14)19-15(20)12-5-4-6-24-12/h4-6,8-9,11H,7H2,1-3H3,(H,18,21)(H,19,20)(H,22,23). The van der Waals surface area contributed by atoms with Gasteiger partial charge in [-0.2, -0.15) is 0 Å². The van der Waals surface area contributed by atoms with Gasteiger partial charge in [0.25, 0.3) is 11.8 Å². The highest BCUT2D eigenvalue weighted by Gasteiger charge is 2.24. The van der Waals surface area contributed by atoms with E-state index in [1.807, 2.05) is 13.8 Å². The SMILES string of the molecule is Cc1cc(NC(=O)c2ccco2)sc1C(=O)NC(CC(C)C)C(=O)O. The van der Waals surface area contributed by atoms with E-state index in [2.05, 4.69) is 10.6 Å². The molecule has 0 radical (unpaired) electrons. The predicted octanol–water partition coefficient (Wildman–Crippen LogP) is 3.13. The topological polar surface area (TPSA) is 109 Å². The molecule has 2 heterocycles.